The van der Waals surface area contributed by atoms with Gasteiger partial charge in [-0.25, -0.2) is 8.42 Å². The predicted molar refractivity (Wildman–Crippen MR) is 105 cm³/mol. The summed E-state index contributed by atoms with van der Waals surface area (Å²) in [5.41, 5.74) is 2.57. The third kappa shape index (κ3) is 5.30. The maximum absolute atomic E-state index is 12.7. The summed E-state index contributed by atoms with van der Waals surface area (Å²) in [7, 11) is -3.58. The topological polar surface area (TPSA) is 75.7 Å². The van der Waals surface area contributed by atoms with Crippen LogP contribution in [-0.2, 0) is 20.5 Å². The normalized spacial score (nSPS) is 17.6. The summed E-state index contributed by atoms with van der Waals surface area (Å²) in [6.07, 6.45) is -0.00119. The van der Waals surface area contributed by atoms with E-state index in [9.17, 15) is 13.2 Å². The van der Waals surface area contributed by atoms with E-state index in [2.05, 4.69) is 4.72 Å². The van der Waals surface area contributed by atoms with Gasteiger partial charge in [0, 0.05) is 24.3 Å². The zero-order valence-corrected chi connectivity index (χ0v) is 16.3. The Kier molecular flexibility index (Phi) is 5.82. The van der Waals surface area contributed by atoms with Crippen LogP contribution in [0, 0.1) is 6.92 Å². The van der Waals surface area contributed by atoms with Gasteiger partial charge in [-0.2, -0.15) is 0 Å². The van der Waals surface area contributed by atoms with E-state index in [-0.39, 0.29) is 17.8 Å². The number of benzene rings is 2. The molecule has 3 rings (SSSR count). The molecule has 0 saturated carbocycles. The molecule has 2 aromatic carbocycles. The van der Waals surface area contributed by atoms with Crippen molar-refractivity contribution < 1.29 is 17.9 Å². The smallest absolute Gasteiger partial charge is 0.254 e. The molecule has 1 N–H and O–H groups in total. The van der Waals surface area contributed by atoms with Crippen LogP contribution < -0.4 is 4.72 Å². The third-order valence-electron chi connectivity index (χ3n) is 4.35. The number of aryl methyl sites for hydroxylation is 1. The van der Waals surface area contributed by atoms with Crippen molar-refractivity contribution in [3.8, 4) is 0 Å². The highest BCUT2D eigenvalue weighted by Gasteiger charge is 2.23. The molecule has 0 aliphatic carbocycles. The van der Waals surface area contributed by atoms with Crippen molar-refractivity contribution in [1.29, 1.82) is 0 Å². The molecule has 1 heterocycles. The monoisotopic (exact) mass is 388 g/mol. The quantitative estimate of drug-likeness (QED) is 0.855. The van der Waals surface area contributed by atoms with Gasteiger partial charge >= 0.3 is 0 Å². The highest BCUT2D eigenvalue weighted by atomic mass is 32.2. The van der Waals surface area contributed by atoms with Crippen molar-refractivity contribution in [2.45, 2.75) is 25.7 Å². The van der Waals surface area contributed by atoms with Crippen LogP contribution in [0.25, 0.3) is 0 Å². The van der Waals surface area contributed by atoms with Crippen LogP contribution in [-0.4, -0.2) is 45.0 Å². The van der Waals surface area contributed by atoms with Crippen LogP contribution in [0.15, 0.2) is 48.5 Å². The lowest BCUT2D eigenvalue weighted by molar-refractivity contribution is -0.0124. The molecule has 7 heteroatoms. The van der Waals surface area contributed by atoms with Gasteiger partial charge in [0.25, 0.3) is 5.91 Å². The van der Waals surface area contributed by atoms with Gasteiger partial charge in [-0.3, -0.25) is 9.52 Å². The minimum Gasteiger partial charge on any atom is -0.375 e. The van der Waals surface area contributed by atoms with Crippen molar-refractivity contribution in [3.63, 3.8) is 0 Å². The fourth-order valence-electron chi connectivity index (χ4n) is 3.14. The van der Waals surface area contributed by atoms with Crippen molar-refractivity contribution in [3.05, 3.63) is 65.2 Å². The number of morpholine rings is 1. The van der Waals surface area contributed by atoms with E-state index in [1.165, 1.54) is 0 Å². The molecular formula is C20H24N2O4S. The maximum Gasteiger partial charge on any atom is 0.254 e. The Labute approximate surface area is 160 Å². The van der Waals surface area contributed by atoms with E-state index in [1.54, 1.807) is 35.2 Å². The SMILES string of the molecule is Cc1cccc(CS(=O)(=O)Nc2cccc(C(=O)N3CCOC(C)C3)c2)c1. The van der Waals surface area contributed by atoms with Crippen LogP contribution in [0.2, 0.25) is 0 Å². The molecule has 0 bridgehead atoms. The number of hydrogen-bond donors (Lipinski definition) is 1. The molecule has 1 aliphatic heterocycles. The molecular weight excluding hydrogens is 364 g/mol. The van der Waals surface area contributed by atoms with Crippen molar-refractivity contribution >= 4 is 21.6 Å². The van der Waals surface area contributed by atoms with E-state index in [4.69, 9.17) is 4.74 Å². The first kappa shape index (κ1) is 19.4. The van der Waals surface area contributed by atoms with E-state index in [1.807, 2.05) is 32.0 Å². The maximum atomic E-state index is 12.7. The summed E-state index contributed by atoms with van der Waals surface area (Å²) >= 11 is 0. The number of nitrogens with zero attached hydrogens (tertiary/aromatic N) is 1. The Hall–Kier alpha value is -2.38. The number of amides is 1. The number of carbonyl (C=O) groups excluding carboxylic acids is 1. The van der Waals surface area contributed by atoms with E-state index >= 15 is 0 Å². The van der Waals surface area contributed by atoms with E-state index < -0.39 is 10.0 Å². The predicted octanol–water partition coefficient (Wildman–Crippen LogP) is 2.80. The lowest BCUT2D eigenvalue weighted by atomic mass is 10.1. The number of hydrogen-bond acceptors (Lipinski definition) is 4. The van der Waals surface area contributed by atoms with Crippen molar-refractivity contribution in [2.75, 3.05) is 24.4 Å². The lowest BCUT2D eigenvalue weighted by Crippen LogP contribution is -2.44. The Bertz CT molecular complexity index is 927. The molecule has 1 saturated heterocycles. The summed E-state index contributed by atoms with van der Waals surface area (Å²) in [5, 5.41) is 0. The second-order valence-corrected chi connectivity index (χ2v) is 8.59. The molecule has 6 nitrogen and oxygen atoms in total. The summed E-state index contributed by atoms with van der Waals surface area (Å²) in [5.74, 6) is -0.238. The number of carbonyl (C=O) groups is 1. The molecule has 1 amide bonds. The molecule has 1 atom stereocenters. The second kappa shape index (κ2) is 8.10. The highest BCUT2D eigenvalue weighted by molar-refractivity contribution is 7.91. The van der Waals surface area contributed by atoms with Crippen LogP contribution >= 0.6 is 0 Å². The van der Waals surface area contributed by atoms with E-state index in [0.29, 0.717) is 30.9 Å². The van der Waals surface area contributed by atoms with Gasteiger partial charge in [-0.1, -0.05) is 35.9 Å². The first-order valence-electron chi connectivity index (χ1n) is 8.89. The molecule has 0 spiro atoms. The first-order chi connectivity index (χ1) is 12.8. The highest BCUT2D eigenvalue weighted by Crippen LogP contribution is 2.18. The average molecular weight is 388 g/mol. The fourth-order valence-corrected chi connectivity index (χ4v) is 4.31. The van der Waals surface area contributed by atoms with Gasteiger partial charge in [-0.05, 0) is 37.6 Å². The minimum absolute atomic E-state index is 0.00119. The molecule has 1 unspecified atom stereocenters. The van der Waals surface area contributed by atoms with Gasteiger partial charge in [0.15, 0.2) is 0 Å². The molecule has 1 aliphatic rings. The Morgan fingerprint density at radius 2 is 2.00 bits per heavy atom. The van der Waals surface area contributed by atoms with Crippen molar-refractivity contribution in [1.82, 2.24) is 4.90 Å². The van der Waals surface area contributed by atoms with Crippen LogP contribution in [0.3, 0.4) is 0 Å². The van der Waals surface area contributed by atoms with Crippen LogP contribution in [0.1, 0.15) is 28.4 Å². The van der Waals surface area contributed by atoms with Gasteiger partial charge < -0.3 is 9.64 Å². The number of ether oxygens (including phenoxy) is 1. The molecule has 27 heavy (non-hydrogen) atoms. The zero-order chi connectivity index (χ0) is 19.4. The van der Waals surface area contributed by atoms with Gasteiger partial charge in [-0.15, -0.1) is 0 Å². The zero-order valence-electron chi connectivity index (χ0n) is 15.5. The Balaban J connectivity index is 1.72. The second-order valence-electron chi connectivity index (χ2n) is 6.86. The third-order valence-corrected chi connectivity index (χ3v) is 5.61. The van der Waals surface area contributed by atoms with Gasteiger partial charge in [0.05, 0.1) is 18.5 Å². The average Bonchev–Trinajstić information content (AvgIpc) is 2.60. The summed E-state index contributed by atoms with van der Waals surface area (Å²) in [6.45, 7) is 5.42. The summed E-state index contributed by atoms with van der Waals surface area (Å²) in [4.78, 5) is 14.4. The minimum atomic E-state index is -3.58. The Morgan fingerprint density at radius 1 is 1.22 bits per heavy atom. The fraction of sp³-hybridized carbons (Fsp3) is 0.350. The molecule has 144 valence electrons. The van der Waals surface area contributed by atoms with Crippen LogP contribution in [0.5, 0.6) is 0 Å². The molecule has 2 aromatic rings. The van der Waals surface area contributed by atoms with Gasteiger partial charge in [0.1, 0.15) is 0 Å². The largest absolute Gasteiger partial charge is 0.375 e. The molecule has 1 fully saturated rings. The van der Waals surface area contributed by atoms with E-state index in [0.717, 1.165) is 11.1 Å². The number of sulfonamides is 1. The van der Waals surface area contributed by atoms with Crippen molar-refractivity contribution in [2.24, 2.45) is 0 Å². The lowest BCUT2D eigenvalue weighted by Gasteiger charge is -2.31. The first-order valence-corrected chi connectivity index (χ1v) is 10.5. The Morgan fingerprint density at radius 3 is 2.74 bits per heavy atom. The number of anilines is 1. The number of rotatable bonds is 5. The van der Waals surface area contributed by atoms with Gasteiger partial charge in [0.2, 0.25) is 10.0 Å². The summed E-state index contributed by atoms with van der Waals surface area (Å²) < 4.78 is 33.0. The van der Waals surface area contributed by atoms with Crippen LogP contribution in [0.4, 0.5) is 5.69 Å². The number of nitrogens with one attached hydrogen (secondary N) is 1. The molecule has 0 radical (unpaired) electrons. The standard InChI is InChI=1S/C20H24N2O4S/c1-15-5-3-6-17(11-15)14-27(24,25)21-19-8-4-7-18(12-19)20(23)22-9-10-26-16(2)13-22/h3-8,11-12,16,21H,9-10,13-14H2,1-2H3. The molecule has 0 aromatic heterocycles. The summed E-state index contributed by atoms with van der Waals surface area (Å²) in [6, 6.07) is 14.0.